The van der Waals surface area contributed by atoms with E-state index in [1.54, 1.807) is 7.11 Å². The molecular formula is C18H19N3O2. The summed E-state index contributed by atoms with van der Waals surface area (Å²) in [6.07, 6.45) is 0. The standard InChI is InChI=1S/C18H19N3O2/c1-13-4-3-5-15(10-13)18-21-20-17(23-18)12-19-11-14-6-8-16(22-2)9-7-14/h3-10,19H,11-12H2,1-2H3. The summed E-state index contributed by atoms with van der Waals surface area (Å²) in [6.45, 7) is 3.30. The van der Waals surface area contributed by atoms with Gasteiger partial charge in [0.25, 0.3) is 0 Å². The molecule has 0 amide bonds. The third-order valence-corrected chi connectivity index (χ3v) is 3.50. The highest BCUT2D eigenvalue weighted by molar-refractivity contribution is 5.53. The zero-order valence-electron chi connectivity index (χ0n) is 13.2. The molecule has 0 unspecified atom stereocenters. The first-order valence-corrected chi connectivity index (χ1v) is 7.47. The lowest BCUT2D eigenvalue weighted by molar-refractivity contribution is 0.414. The van der Waals surface area contributed by atoms with Crippen LogP contribution in [0, 0.1) is 6.92 Å². The van der Waals surface area contributed by atoms with Crippen molar-refractivity contribution < 1.29 is 9.15 Å². The maximum Gasteiger partial charge on any atom is 0.247 e. The van der Waals surface area contributed by atoms with Crippen molar-refractivity contribution in [2.24, 2.45) is 0 Å². The van der Waals surface area contributed by atoms with Gasteiger partial charge in [0, 0.05) is 12.1 Å². The molecule has 3 aromatic rings. The number of ether oxygens (including phenoxy) is 1. The quantitative estimate of drug-likeness (QED) is 0.756. The van der Waals surface area contributed by atoms with Crippen molar-refractivity contribution in [1.29, 1.82) is 0 Å². The second-order valence-corrected chi connectivity index (χ2v) is 5.32. The van der Waals surface area contributed by atoms with E-state index in [1.165, 1.54) is 11.1 Å². The largest absolute Gasteiger partial charge is 0.497 e. The van der Waals surface area contributed by atoms with Gasteiger partial charge in [-0.1, -0.05) is 29.8 Å². The number of hydrogen-bond acceptors (Lipinski definition) is 5. The second kappa shape index (κ2) is 7.07. The average molecular weight is 309 g/mol. The summed E-state index contributed by atoms with van der Waals surface area (Å²) in [7, 11) is 1.66. The lowest BCUT2D eigenvalue weighted by atomic mass is 10.1. The van der Waals surface area contributed by atoms with E-state index in [2.05, 4.69) is 15.5 Å². The van der Waals surface area contributed by atoms with Crippen LogP contribution in [0.2, 0.25) is 0 Å². The molecule has 5 heteroatoms. The van der Waals surface area contributed by atoms with Crippen molar-refractivity contribution in [3.05, 3.63) is 65.5 Å². The molecule has 0 spiro atoms. The minimum atomic E-state index is 0.533. The van der Waals surface area contributed by atoms with Crippen LogP contribution in [0.15, 0.2) is 52.9 Å². The Bertz CT molecular complexity index is 766. The van der Waals surface area contributed by atoms with Gasteiger partial charge in [0.05, 0.1) is 13.7 Å². The number of benzene rings is 2. The van der Waals surface area contributed by atoms with E-state index in [1.807, 2.05) is 55.5 Å². The van der Waals surface area contributed by atoms with Gasteiger partial charge in [0.15, 0.2) is 0 Å². The smallest absolute Gasteiger partial charge is 0.247 e. The highest BCUT2D eigenvalue weighted by atomic mass is 16.5. The molecule has 1 heterocycles. The number of nitrogens with zero attached hydrogens (tertiary/aromatic N) is 2. The molecule has 5 nitrogen and oxygen atoms in total. The Balaban J connectivity index is 1.56. The Hall–Kier alpha value is -2.66. The van der Waals surface area contributed by atoms with Gasteiger partial charge in [-0.15, -0.1) is 10.2 Å². The average Bonchev–Trinajstić information content (AvgIpc) is 3.04. The van der Waals surface area contributed by atoms with Gasteiger partial charge in [-0.3, -0.25) is 0 Å². The van der Waals surface area contributed by atoms with Gasteiger partial charge < -0.3 is 14.5 Å². The molecule has 0 fully saturated rings. The zero-order valence-corrected chi connectivity index (χ0v) is 13.2. The predicted molar refractivity (Wildman–Crippen MR) is 88.0 cm³/mol. The van der Waals surface area contributed by atoms with E-state index in [-0.39, 0.29) is 0 Å². The monoisotopic (exact) mass is 309 g/mol. The van der Waals surface area contributed by atoms with Crippen LogP contribution < -0.4 is 10.1 Å². The summed E-state index contributed by atoms with van der Waals surface area (Å²) in [5.41, 5.74) is 3.28. The first-order valence-electron chi connectivity index (χ1n) is 7.47. The van der Waals surface area contributed by atoms with E-state index in [9.17, 15) is 0 Å². The van der Waals surface area contributed by atoms with E-state index in [0.29, 0.717) is 18.3 Å². The van der Waals surface area contributed by atoms with E-state index in [0.717, 1.165) is 17.9 Å². The summed E-state index contributed by atoms with van der Waals surface area (Å²) in [5, 5.41) is 11.5. The van der Waals surface area contributed by atoms with Gasteiger partial charge >= 0.3 is 0 Å². The topological polar surface area (TPSA) is 60.2 Å². The molecule has 0 saturated heterocycles. The van der Waals surface area contributed by atoms with Crippen molar-refractivity contribution in [3.63, 3.8) is 0 Å². The van der Waals surface area contributed by atoms with E-state index in [4.69, 9.17) is 9.15 Å². The normalized spacial score (nSPS) is 10.7. The number of methoxy groups -OCH3 is 1. The molecule has 23 heavy (non-hydrogen) atoms. The van der Waals surface area contributed by atoms with Crippen LogP contribution in [0.4, 0.5) is 0 Å². The maximum absolute atomic E-state index is 5.69. The summed E-state index contributed by atoms with van der Waals surface area (Å²) in [5.74, 6) is 1.98. The maximum atomic E-state index is 5.69. The van der Waals surface area contributed by atoms with Crippen LogP contribution in [0.1, 0.15) is 17.0 Å². The van der Waals surface area contributed by atoms with Crippen LogP contribution in [0.5, 0.6) is 5.75 Å². The highest BCUT2D eigenvalue weighted by Gasteiger charge is 2.08. The molecule has 118 valence electrons. The molecule has 0 bridgehead atoms. The molecule has 2 aromatic carbocycles. The molecule has 3 rings (SSSR count). The van der Waals surface area contributed by atoms with E-state index >= 15 is 0 Å². The molecule has 0 radical (unpaired) electrons. The number of rotatable bonds is 6. The summed E-state index contributed by atoms with van der Waals surface area (Å²) in [4.78, 5) is 0. The number of nitrogens with one attached hydrogen (secondary N) is 1. The molecule has 1 aromatic heterocycles. The number of hydrogen-bond donors (Lipinski definition) is 1. The minimum absolute atomic E-state index is 0.533. The SMILES string of the molecule is COc1ccc(CNCc2nnc(-c3cccc(C)c3)o2)cc1. The van der Waals surface area contributed by atoms with Gasteiger partial charge in [-0.25, -0.2) is 0 Å². The second-order valence-electron chi connectivity index (χ2n) is 5.32. The minimum Gasteiger partial charge on any atom is -0.497 e. The molecule has 0 aliphatic carbocycles. The van der Waals surface area contributed by atoms with Crippen molar-refractivity contribution in [3.8, 4) is 17.2 Å². The fraction of sp³-hybridized carbons (Fsp3) is 0.222. The highest BCUT2D eigenvalue weighted by Crippen LogP contribution is 2.18. The number of aryl methyl sites for hydroxylation is 1. The fourth-order valence-electron chi connectivity index (χ4n) is 2.28. The Kier molecular flexibility index (Phi) is 4.68. The third kappa shape index (κ3) is 3.96. The molecular weight excluding hydrogens is 290 g/mol. The van der Waals surface area contributed by atoms with E-state index < -0.39 is 0 Å². The van der Waals surface area contributed by atoms with Crippen LogP contribution >= 0.6 is 0 Å². The van der Waals surface area contributed by atoms with Crippen LogP contribution in [0.25, 0.3) is 11.5 Å². The summed E-state index contributed by atoms with van der Waals surface area (Å²) in [6, 6.07) is 16.0. The van der Waals surface area contributed by atoms with Gasteiger partial charge in [-0.05, 0) is 36.8 Å². The van der Waals surface area contributed by atoms with Crippen molar-refractivity contribution in [2.45, 2.75) is 20.0 Å². The third-order valence-electron chi connectivity index (χ3n) is 3.50. The van der Waals surface area contributed by atoms with Gasteiger partial charge in [-0.2, -0.15) is 0 Å². The zero-order chi connectivity index (χ0) is 16.1. The van der Waals surface area contributed by atoms with Crippen LogP contribution in [-0.4, -0.2) is 17.3 Å². The van der Waals surface area contributed by atoms with Crippen molar-refractivity contribution >= 4 is 0 Å². The molecule has 1 N–H and O–H groups in total. The Morgan fingerprint density at radius 2 is 1.87 bits per heavy atom. The molecule has 0 aliphatic heterocycles. The lowest BCUT2D eigenvalue weighted by Gasteiger charge is -2.04. The summed E-state index contributed by atoms with van der Waals surface area (Å²) >= 11 is 0. The van der Waals surface area contributed by atoms with Crippen molar-refractivity contribution in [1.82, 2.24) is 15.5 Å². The Morgan fingerprint density at radius 3 is 2.61 bits per heavy atom. The van der Waals surface area contributed by atoms with Crippen LogP contribution in [0.3, 0.4) is 0 Å². The molecule has 0 saturated carbocycles. The first kappa shape index (κ1) is 15.2. The van der Waals surface area contributed by atoms with Crippen molar-refractivity contribution in [2.75, 3.05) is 7.11 Å². The van der Waals surface area contributed by atoms with Gasteiger partial charge in [0.1, 0.15) is 5.75 Å². The Labute approximate surface area is 135 Å². The lowest BCUT2D eigenvalue weighted by Crippen LogP contribution is -2.12. The van der Waals surface area contributed by atoms with Crippen LogP contribution in [-0.2, 0) is 13.1 Å². The van der Waals surface area contributed by atoms with Gasteiger partial charge in [0.2, 0.25) is 11.8 Å². The Morgan fingerprint density at radius 1 is 1.04 bits per heavy atom. The molecule has 0 aliphatic rings. The summed E-state index contributed by atoms with van der Waals surface area (Å²) < 4.78 is 10.8. The number of aromatic nitrogens is 2. The fourth-order valence-corrected chi connectivity index (χ4v) is 2.28. The predicted octanol–water partition coefficient (Wildman–Crippen LogP) is 3.34. The molecule has 0 atom stereocenters. The first-order chi connectivity index (χ1) is 11.2.